The SMILES string of the molecule is CC1CCCC1(C#N)c1cc(F)cc(F)c1. The number of nitrogens with zero attached hydrogens (tertiary/aromatic N) is 1. The van der Waals surface area contributed by atoms with Crippen LogP contribution in [-0.2, 0) is 5.41 Å². The summed E-state index contributed by atoms with van der Waals surface area (Å²) in [6.45, 7) is 1.97. The molecule has 1 aromatic carbocycles. The maximum atomic E-state index is 13.2. The van der Waals surface area contributed by atoms with E-state index in [9.17, 15) is 14.0 Å². The Balaban J connectivity index is 2.53. The molecule has 0 aliphatic heterocycles. The van der Waals surface area contributed by atoms with Gasteiger partial charge in [0.2, 0.25) is 0 Å². The average molecular weight is 221 g/mol. The van der Waals surface area contributed by atoms with Crippen LogP contribution in [0, 0.1) is 28.9 Å². The van der Waals surface area contributed by atoms with Crippen molar-refractivity contribution in [2.75, 3.05) is 0 Å². The Hall–Kier alpha value is -1.43. The van der Waals surface area contributed by atoms with Crippen LogP contribution >= 0.6 is 0 Å². The predicted molar refractivity (Wildman–Crippen MR) is 56.7 cm³/mol. The smallest absolute Gasteiger partial charge is 0.126 e. The largest absolute Gasteiger partial charge is 0.207 e. The van der Waals surface area contributed by atoms with Crippen molar-refractivity contribution in [3.8, 4) is 6.07 Å². The van der Waals surface area contributed by atoms with E-state index in [1.54, 1.807) is 0 Å². The standard InChI is InChI=1S/C13H13F2N/c1-9-3-2-4-13(9,8-16)10-5-11(14)7-12(15)6-10/h5-7,9H,2-4H2,1H3. The molecule has 16 heavy (non-hydrogen) atoms. The lowest BCUT2D eigenvalue weighted by molar-refractivity contribution is 0.425. The highest BCUT2D eigenvalue weighted by molar-refractivity contribution is 5.35. The fourth-order valence-electron chi connectivity index (χ4n) is 2.65. The van der Waals surface area contributed by atoms with Gasteiger partial charge in [-0.05, 0) is 36.5 Å². The lowest BCUT2D eigenvalue weighted by Gasteiger charge is -2.26. The van der Waals surface area contributed by atoms with Crippen LogP contribution in [-0.4, -0.2) is 0 Å². The Morgan fingerprint density at radius 1 is 1.31 bits per heavy atom. The van der Waals surface area contributed by atoms with Gasteiger partial charge in [0.15, 0.2) is 0 Å². The predicted octanol–water partition coefficient (Wildman–Crippen LogP) is 3.55. The molecule has 0 bridgehead atoms. The molecule has 0 heterocycles. The van der Waals surface area contributed by atoms with Crippen LogP contribution in [0.3, 0.4) is 0 Å². The van der Waals surface area contributed by atoms with Crippen molar-refractivity contribution < 1.29 is 8.78 Å². The van der Waals surface area contributed by atoms with Crippen molar-refractivity contribution in [3.05, 3.63) is 35.4 Å². The van der Waals surface area contributed by atoms with Crippen LogP contribution in [0.2, 0.25) is 0 Å². The van der Waals surface area contributed by atoms with E-state index >= 15 is 0 Å². The number of rotatable bonds is 1. The van der Waals surface area contributed by atoms with Gasteiger partial charge in [-0.15, -0.1) is 0 Å². The highest BCUT2D eigenvalue weighted by Crippen LogP contribution is 2.45. The second-order valence-electron chi connectivity index (χ2n) is 4.53. The van der Waals surface area contributed by atoms with Gasteiger partial charge in [-0.3, -0.25) is 0 Å². The van der Waals surface area contributed by atoms with E-state index < -0.39 is 17.0 Å². The molecule has 0 N–H and O–H groups in total. The zero-order chi connectivity index (χ0) is 11.8. The second kappa shape index (κ2) is 3.86. The number of hydrogen-bond donors (Lipinski definition) is 0. The average Bonchev–Trinajstić information content (AvgIpc) is 2.59. The summed E-state index contributed by atoms with van der Waals surface area (Å²) in [6.07, 6.45) is 2.56. The van der Waals surface area contributed by atoms with Crippen LogP contribution in [0.1, 0.15) is 31.7 Å². The minimum atomic E-state index is -0.705. The molecule has 84 valence electrons. The molecule has 1 fully saturated rings. The van der Waals surface area contributed by atoms with Gasteiger partial charge in [-0.1, -0.05) is 13.3 Å². The van der Waals surface area contributed by atoms with Gasteiger partial charge < -0.3 is 0 Å². The maximum absolute atomic E-state index is 13.2. The minimum Gasteiger partial charge on any atom is -0.207 e. The summed E-state index contributed by atoms with van der Waals surface area (Å²) in [5, 5.41) is 9.33. The van der Waals surface area contributed by atoms with Crippen molar-refractivity contribution in [3.63, 3.8) is 0 Å². The topological polar surface area (TPSA) is 23.8 Å². The van der Waals surface area contributed by atoms with Gasteiger partial charge in [-0.2, -0.15) is 5.26 Å². The van der Waals surface area contributed by atoms with Crippen LogP contribution < -0.4 is 0 Å². The molecule has 0 aromatic heterocycles. The first-order valence-electron chi connectivity index (χ1n) is 5.46. The second-order valence-corrected chi connectivity index (χ2v) is 4.53. The molecular weight excluding hydrogens is 208 g/mol. The summed E-state index contributed by atoms with van der Waals surface area (Å²) >= 11 is 0. The quantitative estimate of drug-likeness (QED) is 0.711. The number of nitriles is 1. The Morgan fingerprint density at radius 3 is 2.38 bits per heavy atom. The van der Waals surface area contributed by atoms with E-state index in [0.717, 1.165) is 18.9 Å². The fraction of sp³-hybridized carbons (Fsp3) is 0.462. The molecule has 2 unspecified atom stereocenters. The lowest BCUT2D eigenvalue weighted by Crippen LogP contribution is -2.27. The molecule has 0 amide bonds. The fourth-order valence-corrected chi connectivity index (χ4v) is 2.65. The molecular formula is C13H13F2N. The van der Waals surface area contributed by atoms with E-state index in [1.165, 1.54) is 12.1 Å². The molecule has 1 aliphatic carbocycles. The molecule has 1 aromatic rings. The normalized spacial score (nSPS) is 29.0. The first-order valence-corrected chi connectivity index (χ1v) is 5.46. The third kappa shape index (κ3) is 1.59. The number of hydrogen-bond acceptors (Lipinski definition) is 1. The van der Waals surface area contributed by atoms with E-state index in [4.69, 9.17) is 0 Å². The first kappa shape index (κ1) is 11.1. The van der Waals surface area contributed by atoms with Crippen molar-refractivity contribution in [1.82, 2.24) is 0 Å². The van der Waals surface area contributed by atoms with Crippen LogP contribution in [0.15, 0.2) is 18.2 Å². The summed E-state index contributed by atoms with van der Waals surface area (Å²) in [5.74, 6) is -1.06. The zero-order valence-corrected chi connectivity index (χ0v) is 9.13. The van der Waals surface area contributed by atoms with Crippen molar-refractivity contribution >= 4 is 0 Å². The third-order valence-electron chi connectivity index (χ3n) is 3.63. The van der Waals surface area contributed by atoms with Gasteiger partial charge in [0, 0.05) is 6.07 Å². The summed E-state index contributed by atoms with van der Waals surface area (Å²) in [5.41, 5.74) is -0.222. The molecule has 3 heteroatoms. The monoisotopic (exact) mass is 221 g/mol. The summed E-state index contributed by atoms with van der Waals surface area (Å²) in [7, 11) is 0. The molecule has 2 atom stereocenters. The van der Waals surface area contributed by atoms with Gasteiger partial charge in [0.1, 0.15) is 11.6 Å². The molecule has 1 saturated carbocycles. The minimum absolute atomic E-state index is 0.152. The zero-order valence-electron chi connectivity index (χ0n) is 9.13. The summed E-state index contributed by atoms with van der Waals surface area (Å²) in [4.78, 5) is 0. The number of benzene rings is 1. The molecule has 0 saturated heterocycles. The first-order chi connectivity index (χ1) is 7.58. The maximum Gasteiger partial charge on any atom is 0.126 e. The van der Waals surface area contributed by atoms with Gasteiger partial charge >= 0.3 is 0 Å². The van der Waals surface area contributed by atoms with Crippen LogP contribution in [0.25, 0.3) is 0 Å². The lowest BCUT2D eigenvalue weighted by atomic mass is 9.74. The van der Waals surface area contributed by atoms with Crippen molar-refractivity contribution in [1.29, 1.82) is 5.26 Å². The highest BCUT2D eigenvalue weighted by Gasteiger charge is 2.42. The van der Waals surface area contributed by atoms with E-state index in [-0.39, 0.29) is 5.92 Å². The van der Waals surface area contributed by atoms with Crippen molar-refractivity contribution in [2.45, 2.75) is 31.6 Å². The molecule has 0 spiro atoms. The van der Waals surface area contributed by atoms with Gasteiger partial charge in [0.25, 0.3) is 0 Å². The molecule has 2 rings (SSSR count). The Kier molecular flexibility index (Phi) is 2.67. The Bertz CT molecular complexity index is 429. The van der Waals surface area contributed by atoms with Gasteiger partial charge in [-0.25, -0.2) is 8.78 Å². The summed E-state index contributed by atoms with van der Waals surface area (Å²) < 4.78 is 26.3. The van der Waals surface area contributed by atoms with Crippen molar-refractivity contribution in [2.24, 2.45) is 5.92 Å². The van der Waals surface area contributed by atoms with Gasteiger partial charge in [0.05, 0.1) is 11.5 Å². The molecule has 0 radical (unpaired) electrons. The van der Waals surface area contributed by atoms with E-state index in [0.29, 0.717) is 12.0 Å². The third-order valence-corrected chi connectivity index (χ3v) is 3.63. The summed E-state index contributed by atoms with van der Waals surface area (Å²) in [6, 6.07) is 5.68. The van der Waals surface area contributed by atoms with E-state index in [1.807, 2.05) is 6.92 Å². The van der Waals surface area contributed by atoms with Crippen LogP contribution in [0.4, 0.5) is 8.78 Å². The molecule has 1 nitrogen and oxygen atoms in total. The number of halogens is 2. The van der Waals surface area contributed by atoms with E-state index in [2.05, 4.69) is 6.07 Å². The Labute approximate surface area is 93.7 Å². The van der Waals surface area contributed by atoms with Crippen LogP contribution in [0.5, 0.6) is 0 Å². The Morgan fingerprint density at radius 2 is 1.94 bits per heavy atom. The highest BCUT2D eigenvalue weighted by atomic mass is 19.1. The molecule has 1 aliphatic rings.